The second-order valence-corrected chi connectivity index (χ2v) is 8.29. The number of aryl methyl sites for hydroxylation is 1. The average Bonchev–Trinajstić information content (AvgIpc) is 3.51. The van der Waals surface area contributed by atoms with E-state index in [0.29, 0.717) is 34.3 Å². The van der Waals surface area contributed by atoms with Gasteiger partial charge in [-0.25, -0.2) is 4.98 Å². The summed E-state index contributed by atoms with van der Waals surface area (Å²) in [6.45, 7) is 3.45. The van der Waals surface area contributed by atoms with Crippen molar-refractivity contribution in [1.29, 1.82) is 0 Å². The number of aromatic nitrogens is 4. The van der Waals surface area contributed by atoms with Gasteiger partial charge in [0.05, 0.1) is 19.1 Å². The van der Waals surface area contributed by atoms with Crippen LogP contribution in [0, 0.1) is 13.8 Å². The third-order valence-corrected chi connectivity index (χ3v) is 6.04. The molecule has 0 atom stereocenters. The number of aromatic amines is 1. The molecule has 0 aliphatic heterocycles. The van der Waals surface area contributed by atoms with Crippen LogP contribution in [0.1, 0.15) is 16.8 Å². The van der Waals surface area contributed by atoms with Gasteiger partial charge in [0, 0.05) is 23.4 Å². The number of hydrogen-bond donors (Lipinski definition) is 2. The number of nitrogens with one attached hydrogen (secondary N) is 2. The quantitative estimate of drug-likeness (QED) is 0.390. The number of carbonyl (C=O) groups excluding carboxylic acids is 1. The number of benzene rings is 1. The summed E-state index contributed by atoms with van der Waals surface area (Å²) < 4.78 is 12.0. The first-order valence-corrected chi connectivity index (χ1v) is 11.2. The minimum atomic E-state index is -0.375. The summed E-state index contributed by atoms with van der Waals surface area (Å²) in [7, 11) is 3.11. The lowest BCUT2D eigenvalue weighted by Gasteiger charge is -2.08. The average molecular weight is 478 g/mol. The summed E-state index contributed by atoms with van der Waals surface area (Å²) in [6, 6.07) is 10.9. The van der Waals surface area contributed by atoms with Gasteiger partial charge in [0.2, 0.25) is 11.9 Å². The number of H-pyrrole nitrogens is 1. The molecule has 1 aromatic carbocycles. The van der Waals surface area contributed by atoms with Crippen molar-refractivity contribution < 1.29 is 14.3 Å². The van der Waals surface area contributed by atoms with Crippen molar-refractivity contribution in [3.8, 4) is 28.0 Å². The number of rotatable bonds is 7. The molecule has 9 nitrogen and oxygen atoms in total. The van der Waals surface area contributed by atoms with Crippen LogP contribution < -0.4 is 20.3 Å². The Kier molecular flexibility index (Phi) is 6.60. The predicted molar refractivity (Wildman–Crippen MR) is 132 cm³/mol. The van der Waals surface area contributed by atoms with Crippen molar-refractivity contribution in [2.45, 2.75) is 13.8 Å². The van der Waals surface area contributed by atoms with Gasteiger partial charge < -0.3 is 14.8 Å². The zero-order valence-electron chi connectivity index (χ0n) is 19.1. The van der Waals surface area contributed by atoms with Crippen LogP contribution in [-0.2, 0) is 4.79 Å². The van der Waals surface area contributed by atoms with Gasteiger partial charge in [-0.15, -0.1) is 11.3 Å². The molecule has 0 unspecified atom stereocenters. The van der Waals surface area contributed by atoms with E-state index in [4.69, 9.17) is 9.47 Å². The molecule has 3 heterocycles. The summed E-state index contributed by atoms with van der Waals surface area (Å²) in [5.41, 5.74) is 2.26. The van der Waals surface area contributed by atoms with Gasteiger partial charge in [0.1, 0.15) is 11.5 Å². The Morgan fingerprint density at radius 3 is 2.62 bits per heavy atom. The fourth-order valence-electron chi connectivity index (χ4n) is 3.20. The van der Waals surface area contributed by atoms with Crippen molar-refractivity contribution in [3.05, 3.63) is 75.0 Å². The van der Waals surface area contributed by atoms with Crippen LogP contribution in [0.5, 0.6) is 11.5 Å². The summed E-state index contributed by atoms with van der Waals surface area (Å²) in [4.78, 5) is 33.1. The van der Waals surface area contributed by atoms with Crippen LogP contribution in [0.25, 0.3) is 22.6 Å². The minimum absolute atomic E-state index is 0.218. The maximum absolute atomic E-state index is 12.7. The number of nitrogens with zero attached hydrogens (tertiary/aromatic N) is 3. The van der Waals surface area contributed by atoms with E-state index in [1.165, 1.54) is 22.1 Å². The molecule has 0 spiro atoms. The van der Waals surface area contributed by atoms with Crippen LogP contribution >= 0.6 is 11.3 Å². The zero-order chi connectivity index (χ0) is 24.2. The number of thiophene rings is 1. The Hall–Kier alpha value is -4.18. The molecule has 4 rings (SSSR count). The fourth-order valence-corrected chi connectivity index (χ4v) is 3.88. The number of ether oxygens (including phenoxy) is 2. The third-order valence-electron chi connectivity index (χ3n) is 5.15. The maximum atomic E-state index is 12.7. The molecule has 0 saturated carbocycles. The third kappa shape index (κ3) is 4.76. The number of hydrogen-bond acceptors (Lipinski definition) is 7. The van der Waals surface area contributed by atoms with Gasteiger partial charge >= 0.3 is 0 Å². The van der Waals surface area contributed by atoms with Crippen LogP contribution in [0.4, 0.5) is 5.82 Å². The van der Waals surface area contributed by atoms with Gasteiger partial charge in [-0.2, -0.15) is 9.78 Å². The Balaban J connectivity index is 1.65. The lowest BCUT2D eigenvalue weighted by molar-refractivity contribution is -0.111. The molecule has 0 fully saturated rings. The topological polar surface area (TPSA) is 111 Å². The van der Waals surface area contributed by atoms with Crippen molar-refractivity contribution in [1.82, 2.24) is 19.7 Å². The molecule has 2 N–H and O–H groups in total. The Labute approximate surface area is 199 Å². The predicted octanol–water partition coefficient (Wildman–Crippen LogP) is 3.97. The molecule has 0 radical (unpaired) electrons. The molecule has 1 amide bonds. The normalized spacial score (nSPS) is 11.1. The van der Waals surface area contributed by atoms with Gasteiger partial charge in [-0.1, -0.05) is 12.1 Å². The second-order valence-electron chi connectivity index (χ2n) is 7.34. The zero-order valence-corrected chi connectivity index (χ0v) is 19.9. The Morgan fingerprint density at radius 1 is 1.15 bits per heavy atom. The molecule has 174 valence electrons. The van der Waals surface area contributed by atoms with Crippen LogP contribution in [0.15, 0.2) is 52.6 Å². The minimum Gasteiger partial charge on any atom is -0.493 e. The van der Waals surface area contributed by atoms with Gasteiger partial charge in [0.15, 0.2) is 11.5 Å². The van der Waals surface area contributed by atoms with E-state index >= 15 is 0 Å². The Morgan fingerprint density at radius 2 is 1.94 bits per heavy atom. The lowest BCUT2D eigenvalue weighted by Crippen LogP contribution is -2.20. The number of amides is 1. The van der Waals surface area contributed by atoms with Gasteiger partial charge in [-0.05, 0) is 49.1 Å². The highest BCUT2D eigenvalue weighted by Gasteiger charge is 2.16. The van der Waals surface area contributed by atoms with E-state index in [2.05, 4.69) is 20.4 Å². The SMILES string of the molecule is COc1ccc(/C=C/C(=O)Nc2cc(-c3cccs3)nn2-c2nc(C)c(C)c(=O)[nH]2)cc1OC. The first-order chi connectivity index (χ1) is 16.4. The first kappa shape index (κ1) is 23.0. The summed E-state index contributed by atoms with van der Waals surface area (Å²) in [6.07, 6.45) is 3.06. The molecular weight excluding hydrogens is 454 g/mol. The van der Waals surface area contributed by atoms with Gasteiger partial charge in [-0.3, -0.25) is 14.6 Å². The smallest absolute Gasteiger partial charge is 0.255 e. The van der Waals surface area contributed by atoms with Crippen molar-refractivity contribution in [3.63, 3.8) is 0 Å². The Bertz CT molecular complexity index is 1420. The fraction of sp³-hybridized carbons (Fsp3) is 0.167. The summed E-state index contributed by atoms with van der Waals surface area (Å²) >= 11 is 1.52. The molecule has 0 aliphatic rings. The van der Waals surface area contributed by atoms with E-state index in [-0.39, 0.29) is 17.4 Å². The first-order valence-electron chi connectivity index (χ1n) is 10.3. The number of methoxy groups -OCH3 is 2. The molecule has 3 aromatic heterocycles. The molecule has 10 heteroatoms. The van der Waals surface area contributed by atoms with E-state index in [0.717, 1.165) is 10.4 Å². The van der Waals surface area contributed by atoms with E-state index in [1.54, 1.807) is 52.3 Å². The molecule has 4 aromatic rings. The van der Waals surface area contributed by atoms with Crippen LogP contribution in [-0.4, -0.2) is 39.9 Å². The molecule has 0 bridgehead atoms. The highest BCUT2D eigenvalue weighted by atomic mass is 32.1. The number of anilines is 1. The van der Waals surface area contributed by atoms with Gasteiger partial charge in [0.25, 0.3) is 5.56 Å². The van der Waals surface area contributed by atoms with E-state index < -0.39 is 0 Å². The largest absolute Gasteiger partial charge is 0.493 e. The number of carbonyl (C=O) groups is 1. The van der Waals surface area contributed by atoms with Crippen LogP contribution in [0.2, 0.25) is 0 Å². The lowest BCUT2D eigenvalue weighted by atomic mass is 10.2. The highest BCUT2D eigenvalue weighted by Crippen LogP contribution is 2.29. The molecule has 34 heavy (non-hydrogen) atoms. The summed E-state index contributed by atoms with van der Waals surface area (Å²) in [5.74, 6) is 1.38. The standard InChI is InChI=1S/C24H23N5O4S/c1-14-15(2)25-24(27-23(14)31)29-21(13-17(28-29)20-6-5-11-34-20)26-22(30)10-8-16-7-9-18(32-3)19(12-16)33-4/h5-13H,1-4H3,(H,26,30)(H,25,27,31)/b10-8+. The van der Waals surface area contributed by atoms with E-state index in [1.807, 2.05) is 23.6 Å². The van der Waals surface area contributed by atoms with Crippen LogP contribution in [0.3, 0.4) is 0 Å². The molecular formula is C24H23N5O4S. The monoisotopic (exact) mass is 477 g/mol. The van der Waals surface area contributed by atoms with Crippen molar-refractivity contribution >= 4 is 29.1 Å². The molecule has 0 aliphatic carbocycles. The van der Waals surface area contributed by atoms with Crippen molar-refractivity contribution in [2.75, 3.05) is 19.5 Å². The van der Waals surface area contributed by atoms with Crippen molar-refractivity contribution in [2.24, 2.45) is 0 Å². The molecule has 0 saturated heterocycles. The second kappa shape index (κ2) is 9.75. The maximum Gasteiger partial charge on any atom is 0.255 e. The van der Waals surface area contributed by atoms with E-state index in [9.17, 15) is 9.59 Å². The summed E-state index contributed by atoms with van der Waals surface area (Å²) in [5, 5.41) is 9.34. The highest BCUT2D eigenvalue weighted by molar-refractivity contribution is 7.13.